The number of benzene rings is 2. The van der Waals surface area contributed by atoms with Gasteiger partial charge in [0.25, 0.3) is 0 Å². The molecule has 0 aromatic heterocycles. The molecule has 1 aliphatic rings. The molecule has 0 bridgehead atoms. The van der Waals surface area contributed by atoms with Crippen LogP contribution >= 0.6 is 0 Å². The van der Waals surface area contributed by atoms with E-state index in [9.17, 15) is 18.0 Å². The van der Waals surface area contributed by atoms with Gasteiger partial charge in [0.05, 0.1) is 10.5 Å². The van der Waals surface area contributed by atoms with E-state index in [1.165, 1.54) is 16.4 Å². The van der Waals surface area contributed by atoms with Crippen LogP contribution in [0.5, 0.6) is 0 Å². The Morgan fingerprint density at radius 3 is 2.21 bits per heavy atom. The van der Waals surface area contributed by atoms with Crippen LogP contribution in [0.1, 0.15) is 29.6 Å². The highest BCUT2D eigenvalue weighted by Gasteiger charge is 2.38. The second-order valence-corrected chi connectivity index (χ2v) is 8.50. The zero-order valence-electron chi connectivity index (χ0n) is 15.9. The van der Waals surface area contributed by atoms with Gasteiger partial charge in [-0.3, -0.25) is 4.79 Å². The van der Waals surface area contributed by atoms with E-state index in [1.54, 1.807) is 48.5 Å². The van der Waals surface area contributed by atoms with Crippen LogP contribution in [-0.4, -0.2) is 50.5 Å². The lowest BCUT2D eigenvalue weighted by Crippen LogP contribution is -2.48. The van der Waals surface area contributed by atoms with Crippen molar-refractivity contribution < 1.29 is 27.5 Å². The largest absolute Gasteiger partial charge is 0.461 e. The Labute approximate surface area is 170 Å². The van der Waals surface area contributed by atoms with Crippen molar-refractivity contribution in [2.45, 2.75) is 30.2 Å². The lowest BCUT2D eigenvalue weighted by molar-refractivity contribution is -0.150. The summed E-state index contributed by atoms with van der Waals surface area (Å²) in [5, 5.41) is 0. The smallest absolute Gasteiger partial charge is 0.338 e. The molecule has 8 heteroatoms. The number of ether oxygens (including phenoxy) is 2. The predicted octanol–water partition coefficient (Wildman–Crippen LogP) is 2.63. The van der Waals surface area contributed by atoms with E-state index in [4.69, 9.17) is 9.47 Å². The number of rotatable bonds is 7. The Balaban J connectivity index is 1.56. The molecule has 1 unspecified atom stereocenters. The molecule has 1 aliphatic heterocycles. The lowest BCUT2D eigenvalue weighted by Gasteiger charge is -2.33. The summed E-state index contributed by atoms with van der Waals surface area (Å²) < 4.78 is 37.4. The van der Waals surface area contributed by atoms with Crippen molar-refractivity contribution in [2.75, 3.05) is 19.8 Å². The summed E-state index contributed by atoms with van der Waals surface area (Å²) in [6, 6.07) is 15.7. The number of hydrogen-bond donors (Lipinski definition) is 0. The molecule has 3 rings (SSSR count). The zero-order chi connectivity index (χ0) is 20.7. The van der Waals surface area contributed by atoms with Crippen molar-refractivity contribution in [3.8, 4) is 0 Å². The first kappa shape index (κ1) is 21.0. The molecule has 29 heavy (non-hydrogen) atoms. The topological polar surface area (TPSA) is 90.0 Å². The number of piperidine rings is 1. The van der Waals surface area contributed by atoms with Crippen LogP contribution in [0, 0.1) is 0 Å². The van der Waals surface area contributed by atoms with Crippen LogP contribution in [-0.2, 0) is 24.3 Å². The number of carbonyl (C=O) groups is 2. The standard InChI is InChI=1S/C21H23NO6S/c23-20(17-9-3-1-4-10-17)27-15-16-28-21(24)19-13-7-8-14-22(19)29(25,26)18-11-5-2-6-12-18/h1-6,9-12,19H,7-8,13-16H2. The molecule has 1 fully saturated rings. The molecule has 7 nitrogen and oxygen atoms in total. The molecule has 1 heterocycles. The van der Waals surface area contributed by atoms with Crippen LogP contribution in [0.3, 0.4) is 0 Å². The van der Waals surface area contributed by atoms with Gasteiger partial charge in [0, 0.05) is 6.54 Å². The minimum atomic E-state index is -3.79. The zero-order valence-corrected chi connectivity index (χ0v) is 16.7. The predicted molar refractivity (Wildman–Crippen MR) is 106 cm³/mol. The monoisotopic (exact) mass is 417 g/mol. The fourth-order valence-corrected chi connectivity index (χ4v) is 4.85. The third kappa shape index (κ3) is 5.21. The molecule has 1 atom stereocenters. The van der Waals surface area contributed by atoms with Crippen molar-refractivity contribution in [1.29, 1.82) is 0 Å². The van der Waals surface area contributed by atoms with Crippen molar-refractivity contribution in [1.82, 2.24) is 4.31 Å². The molecule has 154 valence electrons. The van der Waals surface area contributed by atoms with Gasteiger partial charge in [-0.25, -0.2) is 13.2 Å². The van der Waals surface area contributed by atoms with Crippen molar-refractivity contribution in [2.24, 2.45) is 0 Å². The lowest BCUT2D eigenvalue weighted by atomic mass is 10.1. The normalized spacial score (nSPS) is 17.4. The fraction of sp³-hybridized carbons (Fsp3) is 0.333. The molecule has 1 saturated heterocycles. The first-order valence-corrected chi connectivity index (χ1v) is 10.9. The number of carbonyl (C=O) groups excluding carboxylic acids is 2. The molecule has 0 N–H and O–H groups in total. The van der Waals surface area contributed by atoms with Gasteiger partial charge in [-0.15, -0.1) is 0 Å². The van der Waals surface area contributed by atoms with E-state index in [-0.39, 0.29) is 24.7 Å². The third-order valence-corrected chi connectivity index (χ3v) is 6.57. The second kappa shape index (κ2) is 9.67. The Morgan fingerprint density at radius 1 is 0.897 bits per heavy atom. The van der Waals surface area contributed by atoms with Crippen molar-refractivity contribution in [3.05, 3.63) is 66.2 Å². The average molecular weight is 417 g/mol. The summed E-state index contributed by atoms with van der Waals surface area (Å²) in [6.07, 6.45) is 1.82. The summed E-state index contributed by atoms with van der Waals surface area (Å²) in [5.74, 6) is -1.13. The SMILES string of the molecule is O=C(OCCOC(=O)C1CCCCN1S(=O)(=O)c1ccccc1)c1ccccc1. The maximum absolute atomic E-state index is 12.9. The molecule has 2 aromatic carbocycles. The number of esters is 2. The summed E-state index contributed by atoms with van der Waals surface area (Å²) in [6.45, 7) is 0.0325. The highest BCUT2D eigenvalue weighted by atomic mass is 32.2. The highest BCUT2D eigenvalue weighted by Crippen LogP contribution is 2.26. The maximum Gasteiger partial charge on any atom is 0.338 e. The Morgan fingerprint density at radius 2 is 1.52 bits per heavy atom. The summed E-state index contributed by atoms with van der Waals surface area (Å²) >= 11 is 0. The molecule has 0 spiro atoms. The molecule has 0 radical (unpaired) electrons. The molecular weight excluding hydrogens is 394 g/mol. The van der Waals surface area contributed by atoms with Gasteiger partial charge in [0.1, 0.15) is 19.3 Å². The van der Waals surface area contributed by atoms with Gasteiger partial charge < -0.3 is 9.47 Å². The molecular formula is C21H23NO6S. The van der Waals surface area contributed by atoms with Gasteiger partial charge in [-0.2, -0.15) is 4.31 Å². The minimum Gasteiger partial charge on any atom is -0.461 e. The van der Waals surface area contributed by atoms with Gasteiger partial charge in [-0.1, -0.05) is 36.4 Å². The van der Waals surface area contributed by atoms with E-state index in [1.807, 2.05) is 0 Å². The fourth-order valence-electron chi connectivity index (χ4n) is 3.19. The Kier molecular flexibility index (Phi) is 7.00. The van der Waals surface area contributed by atoms with Gasteiger partial charge in [0.2, 0.25) is 10.0 Å². The van der Waals surface area contributed by atoms with E-state index in [2.05, 4.69) is 0 Å². The number of sulfonamides is 1. The summed E-state index contributed by atoms with van der Waals surface area (Å²) in [7, 11) is -3.79. The minimum absolute atomic E-state index is 0.0996. The van der Waals surface area contributed by atoms with Crippen LogP contribution < -0.4 is 0 Å². The molecule has 0 aliphatic carbocycles. The molecule has 0 saturated carbocycles. The van der Waals surface area contributed by atoms with Gasteiger partial charge in [-0.05, 0) is 43.5 Å². The summed E-state index contributed by atoms with van der Waals surface area (Å²) in [4.78, 5) is 24.6. The van der Waals surface area contributed by atoms with Crippen LogP contribution in [0.4, 0.5) is 0 Å². The van der Waals surface area contributed by atoms with Crippen molar-refractivity contribution >= 4 is 22.0 Å². The first-order chi connectivity index (χ1) is 14.0. The van der Waals surface area contributed by atoms with E-state index in [0.717, 1.165) is 6.42 Å². The van der Waals surface area contributed by atoms with E-state index < -0.39 is 28.0 Å². The quantitative estimate of drug-likeness (QED) is 0.508. The van der Waals surface area contributed by atoms with Crippen molar-refractivity contribution in [3.63, 3.8) is 0 Å². The maximum atomic E-state index is 12.9. The Hall–Kier alpha value is -2.71. The Bertz CT molecular complexity index is 930. The first-order valence-electron chi connectivity index (χ1n) is 9.46. The van der Waals surface area contributed by atoms with Crippen LogP contribution in [0.2, 0.25) is 0 Å². The van der Waals surface area contributed by atoms with Crippen LogP contribution in [0.25, 0.3) is 0 Å². The highest BCUT2D eigenvalue weighted by molar-refractivity contribution is 7.89. The third-order valence-electron chi connectivity index (χ3n) is 4.65. The second-order valence-electron chi connectivity index (χ2n) is 6.61. The van der Waals surface area contributed by atoms with E-state index in [0.29, 0.717) is 18.4 Å². The van der Waals surface area contributed by atoms with Crippen LogP contribution in [0.15, 0.2) is 65.6 Å². The van der Waals surface area contributed by atoms with Gasteiger partial charge in [0.15, 0.2) is 0 Å². The number of hydrogen-bond acceptors (Lipinski definition) is 6. The van der Waals surface area contributed by atoms with E-state index >= 15 is 0 Å². The average Bonchev–Trinajstić information content (AvgIpc) is 2.77. The molecule has 2 aromatic rings. The van der Waals surface area contributed by atoms with Gasteiger partial charge >= 0.3 is 11.9 Å². The number of nitrogens with zero attached hydrogens (tertiary/aromatic N) is 1. The summed E-state index contributed by atoms with van der Waals surface area (Å²) in [5.41, 5.74) is 0.409. The molecule has 0 amide bonds.